The quantitative estimate of drug-likeness (QED) is 0.322. The van der Waals surface area contributed by atoms with E-state index in [2.05, 4.69) is 15.5 Å². The summed E-state index contributed by atoms with van der Waals surface area (Å²) in [5, 5.41) is 32.3. The SMILES string of the molecule is COc1c(C=C2SC(=NN=Cc3ccc([N+](=O)[O-])cc3)NC2=O)cccc1[N+](=O)[O-]. The third kappa shape index (κ3) is 4.67. The Morgan fingerprint density at radius 3 is 2.47 bits per heavy atom. The van der Waals surface area contributed by atoms with E-state index in [1.165, 1.54) is 55.8 Å². The van der Waals surface area contributed by atoms with Crippen LogP contribution < -0.4 is 10.1 Å². The second-order valence-corrected chi connectivity index (χ2v) is 6.75. The molecule has 3 rings (SSSR count). The highest BCUT2D eigenvalue weighted by Crippen LogP contribution is 2.34. The summed E-state index contributed by atoms with van der Waals surface area (Å²) >= 11 is 1.01. The monoisotopic (exact) mass is 427 g/mol. The molecule has 1 amide bonds. The van der Waals surface area contributed by atoms with E-state index in [1.54, 1.807) is 6.07 Å². The first-order valence-electron chi connectivity index (χ1n) is 8.27. The smallest absolute Gasteiger partial charge is 0.311 e. The Bertz CT molecular complexity index is 1110. The zero-order valence-electron chi connectivity index (χ0n) is 15.3. The van der Waals surface area contributed by atoms with Crippen LogP contribution in [0.4, 0.5) is 11.4 Å². The van der Waals surface area contributed by atoms with Gasteiger partial charge in [0, 0.05) is 23.8 Å². The third-order valence-corrected chi connectivity index (χ3v) is 4.72. The average Bonchev–Trinajstić information content (AvgIpc) is 3.07. The predicted molar refractivity (Wildman–Crippen MR) is 111 cm³/mol. The van der Waals surface area contributed by atoms with Crippen molar-refractivity contribution in [1.29, 1.82) is 0 Å². The molecule has 0 bridgehead atoms. The Morgan fingerprint density at radius 2 is 1.83 bits per heavy atom. The number of amides is 1. The molecule has 1 aliphatic rings. The van der Waals surface area contributed by atoms with E-state index in [9.17, 15) is 25.0 Å². The number of para-hydroxylation sites is 1. The molecule has 1 N–H and O–H groups in total. The number of amidine groups is 1. The number of ether oxygens (including phenoxy) is 1. The van der Waals surface area contributed by atoms with Gasteiger partial charge in [0.2, 0.25) is 5.75 Å². The van der Waals surface area contributed by atoms with Crippen LogP contribution >= 0.6 is 11.8 Å². The summed E-state index contributed by atoms with van der Waals surface area (Å²) in [5.41, 5.74) is 0.719. The number of thioether (sulfide) groups is 1. The highest BCUT2D eigenvalue weighted by molar-refractivity contribution is 8.18. The first kappa shape index (κ1) is 20.7. The molecule has 2 aromatic rings. The summed E-state index contributed by atoms with van der Waals surface area (Å²) < 4.78 is 5.12. The summed E-state index contributed by atoms with van der Waals surface area (Å²) in [7, 11) is 1.31. The molecule has 152 valence electrons. The standard InChI is InChI=1S/C18H13N5O6S/c1-29-16-12(3-2-4-14(16)23(27)28)9-15-17(24)20-18(30-15)21-19-10-11-5-7-13(8-6-11)22(25)26/h2-10H,1H3,(H,20,21,24). The number of hydrogen-bond donors (Lipinski definition) is 1. The fraction of sp³-hybridized carbons (Fsp3) is 0.0556. The number of carbonyl (C=O) groups excluding carboxylic acids is 1. The van der Waals surface area contributed by atoms with Crippen molar-refractivity contribution in [2.24, 2.45) is 10.2 Å². The van der Waals surface area contributed by atoms with Gasteiger partial charge < -0.3 is 4.74 Å². The lowest BCUT2D eigenvalue weighted by atomic mass is 10.1. The lowest BCUT2D eigenvalue weighted by Gasteiger charge is -2.05. The van der Waals surface area contributed by atoms with E-state index in [1.807, 2.05) is 0 Å². The molecule has 1 fully saturated rings. The number of non-ortho nitro benzene ring substituents is 1. The number of nitro groups is 2. The zero-order chi connectivity index (χ0) is 21.7. The molecule has 0 unspecified atom stereocenters. The number of carbonyl (C=O) groups is 1. The lowest BCUT2D eigenvalue weighted by molar-refractivity contribution is -0.385. The highest BCUT2D eigenvalue weighted by atomic mass is 32.2. The van der Waals surface area contributed by atoms with Crippen molar-refractivity contribution in [1.82, 2.24) is 5.32 Å². The second kappa shape index (κ2) is 8.96. The Labute approximate surface area is 173 Å². The first-order valence-corrected chi connectivity index (χ1v) is 9.08. The number of nitrogens with one attached hydrogen (secondary N) is 1. The van der Waals surface area contributed by atoms with Crippen LogP contribution in [0.5, 0.6) is 5.75 Å². The summed E-state index contributed by atoms with van der Waals surface area (Å²) in [6, 6.07) is 10.1. The van der Waals surface area contributed by atoms with Gasteiger partial charge in [-0.2, -0.15) is 5.10 Å². The minimum atomic E-state index is -0.567. The van der Waals surface area contributed by atoms with Crippen LogP contribution in [-0.4, -0.2) is 34.2 Å². The van der Waals surface area contributed by atoms with Crippen molar-refractivity contribution in [3.8, 4) is 5.75 Å². The van der Waals surface area contributed by atoms with Crippen molar-refractivity contribution in [3.63, 3.8) is 0 Å². The first-order chi connectivity index (χ1) is 14.4. The Balaban J connectivity index is 1.77. The van der Waals surface area contributed by atoms with Gasteiger partial charge >= 0.3 is 5.69 Å². The van der Waals surface area contributed by atoms with Crippen LogP contribution in [0.1, 0.15) is 11.1 Å². The van der Waals surface area contributed by atoms with Crippen molar-refractivity contribution < 1.29 is 19.4 Å². The molecule has 1 aliphatic heterocycles. The molecule has 0 aliphatic carbocycles. The van der Waals surface area contributed by atoms with E-state index in [-0.39, 0.29) is 27.2 Å². The normalized spacial score (nSPS) is 16.2. The van der Waals surface area contributed by atoms with Gasteiger partial charge in [-0.15, -0.1) is 5.10 Å². The summed E-state index contributed by atoms with van der Waals surface area (Å²) in [5.74, 6) is -0.386. The molecule has 12 heteroatoms. The maximum Gasteiger partial charge on any atom is 0.311 e. The lowest BCUT2D eigenvalue weighted by Crippen LogP contribution is -2.19. The number of nitro benzene ring substituents is 2. The van der Waals surface area contributed by atoms with Crippen LogP contribution in [0.2, 0.25) is 0 Å². The van der Waals surface area contributed by atoms with E-state index < -0.39 is 15.8 Å². The number of nitrogens with zero attached hydrogens (tertiary/aromatic N) is 4. The Hall–Kier alpha value is -4.06. The number of rotatable bonds is 6. The minimum Gasteiger partial charge on any atom is -0.490 e. The molecule has 1 saturated heterocycles. The van der Waals surface area contributed by atoms with Crippen molar-refractivity contribution >= 4 is 46.5 Å². The van der Waals surface area contributed by atoms with Crippen molar-refractivity contribution in [2.75, 3.05) is 7.11 Å². The highest BCUT2D eigenvalue weighted by Gasteiger charge is 2.25. The second-order valence-electron chi connectivity index (χ2n) is 5.72. The van der Waals surface area contributed by atoms with Gasteiger partial charge in [-0.1, -0.05) is 12.1 Å². The topological polar surface area (TPSA) is 149 Å². The molecule has 0 spiro atoms. The molecule has 0 aromatic heterocycles. The van der Waals surface area contributed by atoms with E-state index in [0.29, 0.717) is 11.1 Å². The Kier molecular flexibility index (Phi) is 6.17. The largest absolute Gasteiger partial charge is 0.490 e. The van der Waals surface area contributed by atoms with Crippen LogP contribution in [0.3, 0.4) is 0 Å². The molecule has 11 nitrogen and oxygen atoms in total. The summed E-state index contributed by atoms with van der Waals surface area (Å²) in [4.78, 5) is 33.1. The van der Waals surface area contributed by atoms with Crippen LogP contribution in [0.25, 0.3) is 6.08 Å². The van der Waals surface area contributed by atoms with E-state index in [0.717, 1.165) is 11.8 Å². The molecule has 0 radical (unpaired) electrons. The molecular formula is C18H13N5O6S. The van der Waals surface area contributed by atoms with Gasteiger partial charge in [-0.25, -0.2) is 0 Å². The molecule has 0 atom stereocenters. The van der Waals surface area contributed by atoms with Crippen molar-refractivity contribution in [3.05, 3.63) is 78.7 Å². The fourth-order valence-electron chi connectivity index (χ4n) is 2.47. The fourth-order valence-corrected chi connectivity index (χ4v) is 3.24. The molecular weight excluding hydrogens is 414 g/mol. The maximum absolute atomic E-state index is 12.2. The molecule has 30 heavy (non-hydrogen) atoms. The zero-order valence-corrected chi connectivity index (χ0v) is 16.2. The molecule has 2 aromatic carbocycles. The maximum atomic E-state index is 12.2. The summed E-state index contributed by atoms with van der Waals surface area (Å²) in [6.07, 6.45) is 2.85. The van der Waals surface area contributed by atoms with Crippen LogP contribution in [0.15, 0.2) is 57.6 Å². The number of methoxy groups -OCH3 is 1. The van der Waals surface area contributed by atoms with E-state index >= 15 is 0 Å². The molecule has 0 saturated carbocycles. The third-order valence-electron chi connectivity index (χ3n) is 3.82. The van der Waals surface area contributed by atoms with Gasteiger partial charge in [0.25, 0.3) is 11.6 Å². The minimum absolute atomic E-state index is 0.0385. The average molecular weight is 427 g/mol. The molecule has 1 heterocycles. The predicted octanol–water partition coefficient (Wildman–Crippen LogP) is 3.11. The van der Waals surface area contributed by atoms with Crippen molar-refractivity contribution in [2.45, 2.75) is 0 Å². The number of hydrogen-bond acceptors (Lipinski definition) is 9. The van der Waals surface area contributed by atoms with Gasteiger partial charge in [0.15, 0.2) is 5.17 Å². The van der Waals surface area contributed by atoms with Gasteiger partial charge in [-0.3, -0.25) is 30.3 Å². The van der Waals surface area contributed by atoms with Gasteiger partial charge in [0.1, 0.15) is 0 Å². The van der Waals surface area contributed by atoms with Gasteiger partial charge in [0.05, 0.1) is 28.1 Å². The van der Waals surface area contributed by atoms with Gasteiger partial charge in [-0.05, 0) is 35.5 Å². The van der Waals surface area contributed by atoms with Crippen LogP contribution in [0, 0.1) is 20.2 Å². The Morgan fingerprint density at radius 1 is 1.10 bits per heavy atom. The summed E-state index contributed by atoms with van der Waals surface area (Å²) in [6.45, 7) is 0. The van der Waals surface area contributed by atoms with E-state index in [4.69, 9.17) is 4.74 Å². The van der Waals surface area contributed by atoms with Crippen LogP contribution in [-0.2, 0) is 4.79 Å². The number of benzene rings is 2.